The fourth-order valence-electron chi connectivity index (χ4n) is 3.47. The first-order valence-electron chi connectivity index (χ1n) is 10.1. The Balaban J connectivity index is 1.46. The molecule has 4 rings (SSSR count). The lowest BCUT2D eigenvalue weighted by atomic mass is 10.1. The van der Waals surface area contributed by atoms with Crippen molar-refractivity contribution in [1.82, 2.24) is 4.31 Å². The second kappa shape index (κ2) is 9.53. The average molecular weight is 471 g/mol. The van der Waals surface area contributed by atoms with Gasteiger partial charge in [-0.3, -0.25) is 14.9 Å². The zero-order valence-electron chi connectivity index (χ0n) is 17.5. The number of morpholine rings is 1. The van der Waals surface area contributed by atoms with Crippen LogP contribution in [0.1, 0.15) is 0 Å². The molecule has 1 N–H and O–H groups in total. The number of sulfonamides is 1. The number of carbonyl (C=O) groups excluding carboxylic acids is 1. The van der Waals surface area contributed by atoms with E-state index in [1.165, 1.54) is 16.4 Å². The van der Waals surface area contributed by atoms with Crippen molar-refractivity contribution in [1.29, 1.82) is 0 Å². The van der Waals surface area contributed by atoms with Gasteiger partial charge in [-0.25, -0.2) is 8.42 Å². The van der Waals surface area contributed by atoms with E-state index in [1.54, 1.807) is 12.1 Å². The van der Waals surface area contributed by atoms with Crippen molar-refractivity contribution in [3.63, 3.8) is 0 Å². The number of benzene rings is 3. The number of amides is 1. The number of nitro benzene ring substituents is 1. The first-order chi connectivity index (χ1) is 15.8. The number of ether oxygens (including phenoxy) is 2. The first kappa shape index (κ1) is 22.6. The minimum absolute atomic E-state index is 0.170. The van der Waals surface area contributed by atoms with Crippen molar-refractivity contribution in [2.45, 2.75) is 4.90 Å². The van der Waals surface area contributed by atoms with Crippen LogP contribution in [-0.4, -0.2) is 56.5 Å². The maximum Gasteiger partial charge on any atom is 0.312 e. The van der Waals surface area contributed by atoms with Crippen LogP contribution in [0.25, 0.3) is 10.8 Å². The van der Waals surface area contributed by atoms with Crippen LogP contribution in [-0.2, 0) is 19.6 Å². The minimum Gasteiger partial charge on any atom is -0.477 e. The second-order valence-corrected chi connectivity index (χ2v) is 9.24. The number of nitrogens with one attached hydrogen (secondary N) is 1. The van der Waals surface area contributed by atoms with Crippen LogP contribution in [0.2, 0.25) is 0 Å². The number of carbonyl (C=O) groups is 1. The van der Waals surface area contributed by atoms with Crippen molar-refractivity contribution >= 4 is 38.1 Å². The Labute approximate surface area is 189 Å². The number of hydrogen-bond donors (Lipinski definition) is 1. The van der Waals surface area contributed by atoms with Gasteiger partial charge in [-0.05, 0) is 35.0 Å². The summed E-state index contributed by atoms with van der Waals surface area (Å²) < 4.78 is 37.3. The summed E-state index contributed by atoms with van der Waals surface area (Å²) in [5.41, 5.74) is 0.0200. The minimum atomic E-state index is -3.91. The highest BCUT2D eigenvalue weighted by atomic mass is 32.2. The standard InChI is InChI=1S/C22H21N3O7S/c26-22(23-18-6-5-16-3-1-2-4-17(16)13-18)15-32-21-8-7-19(14-20(21)25(27)28)33(29,30)24-9-11-31-12-10-24/h1-8,13-14H,9-12,15H2,(H,23,26). The lowest BCUT2D eigenvalue weighted by molar-refractivity contribution is -0.386. The van der Waals surface area contributed by atoms with Crippen LogP contribution < -0.4 is 10.1 Å². The third-order valence-electron chi connectivity index (χ3n) is 5.13. The molecule has 1 saturated heterocycles. The molecular formula is C22H21N3O7S. The Hall–Kier alpha value is -3.54. The van der Waals surface area contributed by atoms with Crippen LogP contribution in [0.4, 0.5) is 11.4 Å². The van der Waals surface area contributed by atoms with E-state index < -0.39 is 33.1 Å². The highest BCUT2D eigenvalue weighted by molar-refractivity contribution is 7.89. The smallest absolute Gasteiger partial charge is 0.312 e. The number of rotatable bonds is 7. The van der Waals surface area contributed by atoms with Crippen LogP contribution >= 0.6 is 0 Å². The maximum atomic E-state index is 12.8. The number of anilines is 1. The Bertz CT molecular complexity index is 1300. The van der Waals surface area contributed by atoms with E-state index in [0.717, 1.165) is 16.8 Å². The SMILES string of the molecule is O=C(COc1ccc(S(=O)(=O)N2CCOCC2)cc1[N+](=O)[O-])Nc1ccc2ccccc2c1. The summed E-state index contributed by atoms with van der Waals surface area (Å²) in [4.78, 5) is 22.9. The van der Waals surface area contributed by atoms with Crippen molar-refractivity contribution in [3.05, 3.63) is 70.8 Å². The van der Waals surface area contributed by atoms with Gasteiger partial charge < -0.3 is 14.8 Å². The van der Waals surface area contributed by atoms with E-state index in [9.17, 15) is 23.3 Å². The predicted molar refractivity (Wildman–Crippen MR) is 121 cm³/mol. The largest absolute Gasteiger partial charge is 0.477 e. The fraction of sp³-hybridized carbons (Fsp3) is 0.227. The highest BCUT2D eigenvalue weighted by Gasteiger charge is 2.29. The normalized spacial score (nSPS) is 14.7. The van der Waals surface area contributed by atoms with E-state index in [-0.39, 0.29) is 36.9 Å². The summed E-state index contributed by atoms with van der Waals surface area (Å²) >= 11 is 0. The molecule has 0 saturated carbocycles. The molecule has 0 unspecified atom stereocenters. The Kier molecular flexibility index (Phi) is 6.54. The van der Waals surface area contributed by atoms with Gasteiger partial charge in [0, 0.05) is 24.8 Å². The lowest BCUT2D eigenvalue weighted by Crippen LogP contribution is -2.40. The van der Waals surface area contributed by atoms with Gasteiger partial charge in [0.2, 0.25) is 10.0 Å². The molecule has 10 nitrogen and oxygen atoms in total. The molecule has 0 bridgehead atoms. The third kappa shape index (κ3) is 5.11. The first-order valence-corrected chi connectivity index (χ1v) is 11.6. The van der Waals surface area contributed by atoms with Crippen molar-refractivity contribution in [3.8, 4) is 5.75 Å². The molecule has 172 valence electrons. The van der Waals surface area contributed by atoms with E-state index >= 15 is 0 Å². The Morgan fingerprint density at radius 3 is 2.52 bits per heavy atom. The van der Waals surface area contributed by atoms with Gasteiger partial charge in [-0.15, -0.1) is 0 Å². The molecule has 1 fully saturated rings. The molecule has 3 aromatic rings. The number of hydrogen-bond acceptors (Lipinski definition) is 7. The molecule has 11 heteroatoms. The van der Waals surface area contributed by atoms with Gasteiger partial charge in [-0.1, -0.05) is 30.3 Å². The van der Waals surface area contributed by atoms with Gasteiger partial charge in [0.25, 0.3) is 5.91 Å². The molecule has 33 heavy (non-hydrogen) atoms. The topological polar surface area (TPSA) is 128 Å². The summed E-state index contributed by atoms with van der Waals surface area (Å²) in [5.74, 6) is -0.709. The molecule has 1 amide bonds. The Morgan fingerprint density at radius 2 is 1.79 bits per heavy atom. The molecule has 1 aliphatic rings. The lowest BCUT2D eigenvalue weighted by Gasteiger charge is -2.26. The van der Waals surface area contributed by atoms with Gasteiger partial charge in [0.1, 0.15) is 0 Å². The molecule has 0 aromatic heterocycles. The molecule has 0 atom stereocenters. The number of nitrogens with zero attached hydrogens (tertiary/aromatic N) is 2. The molecule has 1 aliphatic heterocycles. The van der Waals surface area contributed by atoms with Gasteiger partial charge in [0.05, 0.1) is 23.0 Å². The Morgan fingerprint density at radius 1 is 1.06 bits per heavy atom. The summed E-state index contributed by atoms with van der Waals surface area (Å²) in [6.07, 6.45) is 0. The van der Waals surface area contributed by atoms with E-state index in [1.807, 2.05) is 30.3 Å². The molecule has 0 aliphatic carbocycles. The van der Waals surface area contributed by atoms with Crippen LogP contribution in [0.5, 0.6) is 5.75 Å². The third-order valence-corrected chi connectivity index (χ3v) is 7.02. The molecule has 3 aromatic carbocycles. The van der Waals surface area contributed by atoms with Gasteiger partial charge in [0.15, 0.2) is 12.4 Å². The fourth-order valence-corrected chi connectivity index (χ4v) is 4.89. The molecule has 0 radical (unpaired) electrons. The molecule has 1 heterocycles. The summed E-state index contributed by atoms with van der Waals surface area (Å²) in [6, 6.07) is 16.4. The zero-order valence-corrected chi connectivity index (χ0v) is 18.3. The van der Waals surface area contributed by atoms with E-state index in [4.69, 9.17) is 9.47 Å². The monoisotopic (exact) mass is 471 g/mol. The van der Waals surface area contributed by atoms with Crippen LogP contribution in [0.15, 0.2) is 65.6 Å². The van der Waals surface area contributed by atoms with Crippen molar-refractivity contribution < 1.29 is 27.6 Å². The number of nitro groups is 1. The maximum absolute atomic E-state index is 12.8. The summed E-state index contributed by atoms with van der Waals surface area (Å²) in [6.45, 7) is 0.375. The highest BCUT2D eigenvalue weighted by Crippen LogP contribution is 2.31. The molecule has 0 spiro atoms. The van der Waals surface area contributed by atoms with Gasteiger partial charge in [-0.2, -0.15) is 4.31 Å². The summed E-state index contributed by atoms with van der Waals surface area (Å²) in [7, 11) is -3.91. The number of fused-ring (bicyclic) bond motifs is 1. The molecular weight excluding hydrogens is 450 g/mol. The zero-order chi connectivity index (χ0) is 23.4. The quantitative estimate of drug-likeness (QED) is 0.414. The van der Waals surface area contributed by atoms with Crippen molar-refractivity contribution in [2.75, 3.05) is 38.2 Å². The second-order valence-electron chi connectivity index (χ2n) is 7.30. The van der Waals surface area contributed by atoms with Crippen molar-refractivity contribution in [2.24, 2.45) is 0 Å². The predicted octanol–water partition coefficient (Wildman–Crippen LogP) is 2.79. The van der Waals surface area contributed by atoms with Gasteiger partial charge >= 0.3 is 5.69 Å². The summed E-state index contributed by atoms with van der Waals surface area (Å²) in [5, 5.41) is 16.2. The van der Waals surface area contributed by atoms with Crippen LogP contribution in [0.3, 0.4) is 0 Å². The van der Waals surface area contributed by atoms with E-state index in [2.05, 4.69) is 5.32 Å². The average Bonchev–Trinajstić information content (AvgIpc) is 2.83. The van der Waals surface area contributed by atoms with Crippen LogP contribution in [0, 0.1) is 10.1 Å². The van der Waals surface area contributed by atoms with E-state index in [0.29, 0.717) is 5.69 Å².